The van der Waals surface area contributed by atoms with Crippen LogP contribution in [0.4, 0.5) is 5.69 Å². The zero-order valence-corrected chi connectivity index (χ0v) is 34.5. The van der Waals surface area contributed by atoms with Gasteiger partial charge in [-0.05, 0) is 63.8 Å². The van der Waals surface area contributed by atoms with Gasteiger partial charge in [0.2, 0.25) is 0 Å². The molecule has 5 rings (SSSR count). The number of benzene rings is 2. The van der Waals surface area contributed by atoms with Gasteiger partial charge >= 0.3 is 22.1 Å². The lowest BCUT2D eigenvalue weighted by Gasteiger charge is -2.40. The second-order valence-corrected chi connectivity index (χ2v) is 19.2. The van der Waals surface area contributed by atoms with Crippen LogP contribution in [0.3, 0.4) is 0 Å². The Morgan fingerprint density at radius 2 is 1.27 bits per heavy atom. The smallest absolute Gasteiger partial charge is 0.321 e. The maximum atomic E-state index is 13.1. The number of nitrogens with zero attached hydrogens (tertiary/aromatic N) is 2. The van der Waals surface area contributed by atoms with Gasteiger partial charge in [-0.1, -0.05) is 69.6 Å². The second-order valence-electron chi connectivity index (χ2n) is 12.6. The molecule has 0 amide bonds. The molecule has 2 aromatic rings. The highest BCUT2D eigenvalue weighted by Gasteiger charge is 2.54. The fraction of sp³-hybridized carbons (Fsp3) is 0.562. The van der Waals surface area contributed by atoms with Crippen LogP contribution in [0.2, 0.25) is 30.1 Å². The number of ether oxygens (including phenoxy) is 2. The Morgan fingerprint density at radius 1 is 0.788 bits per heavy atom. The third kappa shape index (κ3) is 12.6. The highest BCUT2D eigenvalue weighted by Crippen LogP contribution is 2.52. The van der Waals surface area contributed by atoms with Crippen LogP contribution < -0.4 is 4.31 Å². The molecule has 1 aliphatic heterocycles. The number of aliphatic hydroxyl groups is 2. The van der Waals surface area contributed by atoms with Crippen LogP contribution in [0.1, 0.15) is 51.5 Å². The van der Waals surface area contributed by atoms with E-state index < -0.39 is 32.0 Å². The molecule has 0 atom stereocenters. The van der Waals surface area contributed by atoms with E-state index in [4.69, 9.17) is 84.6 Å². The molecular formula is C32H40Cl6N2O10S2. The summed E-state index contributed by atoms with van der Waals surface area (Å²) in [4.78, 5) is 23.0. The van der Waals surface area contributed by atoms with Crippen molar-refractivity contribution in [3.05, 3.63) is 60.0 Å². The maximum absolute atomic E-state index is 13.1. The first kappa shape index (κ1) is 45.1. The maximum Gasteiger partial charge on any atom is 0.321 e. The Labute approximate surface area is 334 Å². The van der Waals surface area contributed by atoms with Gasteiger partial charge in [0.05, 0.1) is 60.1 Å². The first-order valence-corrected chi connectivity index (χ1v) is 21.5. The van der Waals surface area contributed by atoms with Gasteiger partial charge in [-0.2, -0.15) is 12.7 Å². The Hall–Kier alpha value is -1.30. The second kappa shape index (κ2) is 19.0. The normalized spacial score (nSPS) is 18.0. The largest absolute Gasteiger partial charge is 0.466 e. The average Bonchev–Trinajstić information content (AvgIpc) is 3.98. The first-order valence-electron chi connectivity index (χ1n) is 16.1. The molecule has 0 bridgehead atoms. The summed E-state index contributed by atoms with van der Waals surface area (Å²) < 4.78 is 61.9. The highest BCUT2D eigenvalue weighted by atomic mass is 35.5. The molecule has 0 radical (unpaired) electrons. The molecule has 2 aromatic carbocycles. The number of hydrogen-bond donors (Lipinski definition) is 2. The summed E-state index contributed by atoms with van der Waals surface area (Å²) >= 11 is 36.0. The Bertz CT molecular complexity index is 1770. The molecule has 2 N–H and O–H groups in total. The Kier molecular flexibility index (Phi) is 16.5. The summed E-state index contributed by atoms with van der Waals surface area (Å²) in [5.41, 5.74) is 0.221. The van der Waals surface area contributed by atoms with E-state index in [-0.39, 0.29) is 106 Å². The standard InChI is InChI=1S/C15H17Cl3N2O4S.C12H13Cl3O4S.C5H10O2/c1-2-24-13(21)7-19-8-15(3-4-15)9-20(25(19,22)23)14-11(17)5-10(16)6-12(14)18;1-2-19-12(16)3-4-20(17,18)7-9-10(14)5-8(13)6-11(9)15;6-3-5(4-7)1-2-5/h5-6H,2-4,7-9H2,1H3;5-6H,2-4,7H2,1H3;6-7H,1-4H2. The number of rotatable bonds is 12. The molecule has 0 unspecified atom stereocenters. The van der Waals surface area contributed by atoms with Crippen LogP contribution in [0.5, 0.6) is 0 Å². The zero-order valence-electron chi connectivity index (χ0n) is 28.3. The average molecular weight is 890 g/mol. The predicted molar refractivity (Wildman–Crippen MR) is 204 cm³/mol. The van der Waals surface area contributed by atoms with E-state index in [9.17, 15) is 26.4 Å². The molecular weight excluding hydrogens is 849 g/mol. The molecule has 1 spiro atoms. The van der Waals surface area contributed by atoms with Crippen LogP contribution in [0.15, 0.2) is 24.3 Å². The van der Waals surface area contributed by atoms with E-state index in [2.05, 4.69) is 4.74 Å². The number of aliphatic hydroxyl groups excluding tert-OH is 2. The lowest BCUT2D eigenvalue weighted by atomic mass is 10.1. The van der Waals surface area contributed by atoms with Gasteiger partial charge in [-0.15, -0.1) is 0 Å². The van der Waals surface area contributed by atoms with Crippen molar-refractivity contribution in [3.8, 4) is 0 Å². The summed E-state index contributed by atoms with van der Waals surface area (Å²) in [6.45, 7) is 4.27. The third-order valence-electron chi connectivity index (χ3n) is 8.42. The summed E-state index contributed by atoms with van der Waals surface area (Å²) in [6, 6.07) is 5.74. The van der Waals surface area contributed by atoms with Crippen LogP contribution in [-0.4, -0.2) is 95.1 Å². The van der Waals surface area contributed by atoms with Crippen molar-refractivity contribution in [3.63, 3.8) is 0 Å². The minimum Gasteiger partial charge on any atom is -0.466 e. The molecule has 292 valence electrons. The number of hydrogen-bond acceptors (Lipinski definition) is 10. The first-order chi connectivity index (χ1) is 24.3. The van der Waals surface area contributed by atoms with Gasteiger partial charge < -0.3 is 19.7 Å². The fourth-order valence-electron chi connectivity index (χ4n) is 5.00. The van der Waals surface area contributed by atoms with E-state index in [1.165, 1.54) is 28.6 Å². The van der Waals surface area contributed by atoms with Gasteiger partial charge in [-0.25, -0.2) is 8.42 Å². The summed E-state index contributed by atoms with van der Waals surface area (Å²) in [7, 11) is -7.48. The lowest BCUT2D eigenvalue weighted by molar-refractivity contribution is -0.144. The van der Waals surface area contributed by atoms with E-state index in [1.807, 2.05) is 0 Å². The molecule has 1 heterocycles. The number of carbonyl (C=O) groups is 2. The summed E-state index contributed by atoms with van der Waals surface area (Å²) in [6.07, 6.45) is 3.56. The van der Waals surface area contributed by atoms with Crippen molar-refractivity contribution in [1.29, 1.82) is 0 Å². The minimum atomic E-state index is -3.97. The molecule has 52 heavy (non-hydrogen) atoms. The lowest BCUT2D eigenvalue weighted by Crippen LogP contribution is -2.56. The highest BCUT2D eigenvalue weighted by molar-refractivity contribution is 7.90. The number of sulfone groups is 1. The van der Waals surface area contributed by atoms with Gasteiger partial charge in [0.1, 0.15) is 6.54 Å². The topological polar surface area (TPSA) is 168 Å². The molecule has 3 aliphatic rings. The van der Waals surface area contributed by atoms with Crippen molar-refractivity contribution < 1.29 is 46.1 Å². The van der Waals surface area contributed by atoms with E-state index in [1.54, 1.807) is 13.8 Å². The van der Waals surface area contributed by atoms with E-state index in [0.29, 0.717) is 10.0 Å². The van der Waals surface area contributed by atoms with Crippen molar-refractivity contribution >= 4 is 107 Å². The fourth-order valence-corrected chi connectivity index (χ4v) is 10.4. The van der Waals surface area contributed by atoms with Crippen LogP contribution in [0, 0.1) is 10.8 Å². The summed E-state index contributed by atoms with van der Waals surface area (Å²) in [5.74, 6) is -1.80. The molecule has 3 fully saturated rings. The molecule has 2 aliphatic carbocycles. The summed E-state index contributed by atoms with van der Waals surface area (Å²) in [5, 5.41) is 18.3. The molecule has 1 saturated heterocycles. The number of halogens is 6. The Morgan fingerprint density at radius 3 is 1.69 bits per heavy atom. The van der Waals surface area contributed by atoms with Crippen molar-refractivity contribution in [2.45, 2.75) is 51.7 Å². The molecule has 0 aromatic heterocycles. The minimum absolute atomic E-state index is 0.0556. The SMILES string of the molecule is CCOC(=O)CCS(=O)(=O)Cc1c(Cl)cc(Cl)cc1Cl.CCOC(=O)CN1CC2(CC2)CN(c2c(Cl)cc(Cl)cc2Cl)S1(=O)=O.OCC1(CO)CC1. The number of esters is 2. The van der Waals surface area contributed by atoms with Crippen molar-refractivity contribution in [1.82, 2.24) is 4.31 Å². The van der Waals surface area contributed by atoms with Crippen LogP contribution in [-0.2, 0) is 44.9 Å². The third-order valence-corrected chi connectivity index (χ3v) is 13.4. The zero-order chi connectivity index (χ0) is 39.1. The Balaban J connectivity index is 0.000000240. The monoisotopic (exact) mass is 886 g/mol. The quantitative estimate of drug-likeness (QED) is 0.221. The number of carbonyl (C=O) groups excluding carboxylic acids is 2. The van der Waals surface area contributed by atoms with Gasteiger partial charge in [-0.3, -0.25) is 13.9 Å². The number of anilines is 1. The van der Waals surface area contributed by atoms with E-state index in [0.717, 1.165) is 30.0 Å². The van der Waals surface area contributed by atoms with Crippen molar-refractivity contribution in [2.75, 3.05) is 56.1 Å². The molecule has 12 nitrogen and oxygen atoms in total. The van der Waals surface area contributed by atoms with E-state index >= 15 is 0 Å². The van der Waals surface area contributed by atoms with Gasteiger partial charge in [0.25, 0.3) is 0 Å². The van der Waals surface area contributed by atoms with Crippen LogP contribution in [0.25, 0.3) is 0 Å². The van der Waals surface area contributed by atoms with Gasteiger partial charge in [0.15, 0.2) is 9.84 Å². The molecule has 2 saturated carbocycles. The van der Waals surface area contributed by atoms with Gasteiger partial charge in [0, 0.05) is 49.6 Å². The van der Waals surface area contributed by atoms with Crippen LogP contribution >= 0.6 is 69.6 Å². The predicted octanol–water partition coefficient (Wildman–Crippen LogP) is 6.62. The molecule has 20 heteroatoms. The van der Waals surface area contributed by atoms with Crippen molar-refractivity contribution in [2.24, 2.45) is 10.8 Å².